The molecule has 2 N–H and O–H groups in total. The number of hydrogen-bond acceptors (Lipinski definition) is 4. The van der Waals surface area contributed by atoms with Crippen molar-refractivity contribution in [2.75, 3.05) is 12.0 Å². The van der Waals surface area contributed by atoms with Gasteiger partial charge in [0, 0.05) is 11.3 Å². The van der Waals surface area contributed by atoms with Crippen molar-refractivity contribution >= 4 is 17.3 Å². The van der Waals surface area contributed by atoms with Gasteiger partial charge < -0.3 is 14.9 Å². The average Bonchev–Trinajstić information content (AvgIpc) is 3.14. The molecule has 0 fully saturated rings. The highest BCUT2D eigenvalue weighted by Crippen LogP contribution is 2.54. The largest absolute Gasteiger partial charge is 0.507 e. The van der Waals surface area contributed by atoms with E-state index in [1.54, 1.807) is 12.0 Å². The molecule has 0 bridgehead atoms. The van der Waals surface area contributed by atoms with Crippen LogP contribution in [0.4, 0.5) is 11.4 Å². The molecule has 0 saturated heterocycles. The summed E-state index contributed by atoms with van der Waals surface area (Å²) in [5.74, 6) is 1.03. The van der Waals surface area contributed by atoms with E-state index in [-0.39, 0.29) is 17.4 Å². The normalized spacial score (nSPS) is 14.1. The molecule has 0 aliphatic carbocycles. The minimum Gasteiger partial charge on any atom is -0.507 e. The number of para-hydroxylation sites is 1. The average molecular weight is 480 g/mol. The molecule has 0 spiro atoms. The van der Waals surface area contributed by atoms with Gasteiger partial charge >= 0.3 is 0 Å². The number of fused-ring (bicyclic) bond motifs is 1. The summed E-state index contributed by atoms with van der Waals surface area (Å²) in [5, 5.41) is 21.1. The van der Waals surface area contributed by atoms with Crippen LogP contribution in [-0.4, -0.2) is 23.2 Å². The minimum absolute atomic E-state index is 0.122. The first-order chi connectivity index (χ1) is 17.2. The highest BCUT2D eigenvalue weighted by molar-refractivity contribution is 6.17. The lowest BCUT2D eigenvalue weighted by molar-refractivity contribution is -0.120. The summed E-state index contributed by atoms with van der Waals surface area (Å²) in [7, 11) is 1.61. The number of carbonyl (C=O) groups excluding carboxylic acids is 1. The minimum atomic E-state index is -1.18. The molecule has 36 heavy (non-hydrogen) atoms. The van der Waals surface area contributed by atoms with Gasteiger partial charge in [-0.05, 0) is 91.4 Å². The van der Waals surface area contributed by atoms with Crippen LogP contribution in [0.1, 0.15) is 38.9 Å². The van der Waals surface area contributed by atoms with E-state index in [1.165, 1.54) is 0 Å². The fraction of sp³-hybridized carbons (Fsp3) is 0.194. The fourth-order valence-electron chi connectivity index (χ4n) is 5.44. The number of benzene rings is 4. The fourth-order valence-corrected chi connectivity index (χ4v) is 5.44. The summed E-state index contributed by atoms with van der Waals surface area (Å²) >= 11 is 0. The zero-order valence-electron chi connectivity index (χ0n) is 21.1. The first-order valence-corrected chi connectivity index (χ1v) is 11.9. The number of methoxy groups -OCH3 is 1. The lowest BCUT2D eigenvalue weighted by Gasteiger charge is -2.32. The Kier molecular flexibility index (Phi) is 5.51. The number of carbonyl (C=O) groups is 1. The zero-order chi connectivity index (χ0) is 25.8. The molecule has 0 aromatic heterocycles. The maximum absolute atomic E-state index is 14.8. The third-order valence-electron chi connectivity index (χ3n) is 7.25. The van der Waals surface area contributed by atoms with Gasteiger partial charge in [-0.25, -0.2) is 0 Å². The first-order valence-electron chi connectivity index (χ1n) is 11.9. The summed E-state index contributed by atoms with van der Waals surface area (Å²) in [6.07, 6.45) is 0. The summed E-state index contributed by atoms with van der Waals surface area (Å²) in [4.78, 5) is 16.6. The van der Waals surface area contributed by atoms with Crippen molar-refractivity contribution < 1.29 is 19.7 Å². The van der Waals surface area contributed by atoms with Crippen LogP contribution in [0.15, 0.2) is 72.8 Å². The molecule has 0 atom stereocenters. The number of aryl methyl sites for hydroxylation is 4. The van der Waals surface area contributed by atoms with E-state index in [0.29, 0.717) is 28.0 Å². The van der Waals surface area contributed by atoms with Gasteiger partial charge in [0.2, 0.25) is 0 Å². The van der Waals surface area contributed by atoms with Gasteiger partial charge in [0.05, 0.1) is 12.8 Å². The molecule has 5 nitrogen and oxygen atoms in total. The monoisotopic (exact) mass is 479 g/mol. The summed E-state index contributed by atoms with van der Waals surface area (Å²) < 4.78 is 5.33. The Bertz CT molecular complexity index is 1400. The Morgan fingerprint density at radius 1 is 0.722 bits per heavy atom. The third-order valence-corrected chi connectivity index (χ3v) is 7.25. The first kappa shape index (κ1) is 23.5. The van der Waals surface area contributed by atoms with Gasteiger partial charge in [0.1, 0.15) is 22.7 Å². The molecule has 0 saturated carbocycles. The van der Waals surface area contributed by atoms with E-state index >= 15 is 0 Å². The van der Waals surface area contributed by atoms with Crippen molar-refractivity contribution in [3.63, 3.8) is 0 Å². The second-order valence-electron chi connectivity index (χ2n) is 9.52. The van der Waals surface area contributed by atoms with Gasteiger partial charge in [-0.1, -0.05) is 42.5 Å². The maximum Gasteiger partial charge on any atom is 0.251 e. The molecule has 0 unspecified atom stereocenters. The highest BCUT2D eigenvalue weighted by Gasteiger charge is 2.54. The van der Waals surface area contributed by atoms with Gasteiger partial charge in [0.25, 0.3) is 5.91 Å². The number of aromatic hydroxyl groups is 2. The van der Waals surface area contributed by atoms with Gasteiger partial charge in [-0.2, -0.15) is 0 Å². The number of rotatable bonds is 4. The van der Waals surface area contributed by atoms with Crippen molar-refractivity contribution in [2.24, 2.45) is 0 Å². The quantitative estimate of drug-likeness (QED) is 0.358. The van der Waals surface area contributed by atoms with Crippen LogP contribution >= 0.6 is 0 Å². The molecular weight excluding hydrogens is 450 g/mol. The van der Waals surface area contributed by atoms with Crippen LogP contribution < -0.4 is 9.64 Å². The number of hydrogen-bond donors (Lipinski definition) is 2. The number of nitrogens with zero attached hydrogens (tertiary/aromatic N) is 1. The van der Waals surface area contributed by atoms with E-state index in [4.69, 9.17) is 4.74 Å². The molecule has 4 aromatic carbocycles. The van der Waals surface area contributed by atoms with Crippen molar-refractivity contribution in [1.82, 2.24) is 0 Å². The molecule has 1 amide bonds. The highest BCUT2D eigenvalue weighted by atomic mass is 16.5. The maximum atomic E-state index is 14.8. The van der Waals surface area contributed by atoms with Gasteiger partial charge in [-0.15, -0.1) is 0 Å². The van der Waals surface area contributed by atoms with E-state index in [0.717, 1.165) is 28.1 Å². The topological polar surface area (TPSA) is 70.0 Å². The summed E-state index contributed by atoms with van der Waals surface area (Å²) in [5.41, 5.74) is 5.53. The predicted octanol–water partition coefficient (Wildman–Crippen LogP) is 6.35. The smallest absolute Gasteiger partial charge is 0.251 e. The van der Waals surface area contributed by atoms with Crippen LogP contribution in [0.5, 0.6) is 17.2 Å². The molecule has 5 heteroatoms. The molecule has 1 aliphatic rings. The van der Waals surface area contributed by atoms with Gasteiger partial charge in [-0.3, -0.25) is 9.69 Å². The summed E-state index contributed by atoms with van der Waals surface area (Å²) in [6.45, 7) is 7.39. The summed E-state index contributed by atoms with van der Waals surface area (Å²) in [6, 6.07) is 22.8. The number of phenolic OH excluding ortho intramolecular Hbond substituents is 2. The van der Waals surface area contributed by atoms with Crippen molar-refractivity contribution in [3.8, 4) is 17.2 Å². The van der Waals surface area contributed by atoms with Crippen molar-refractivity contribution in [2.45, 2.75) is 33.1 Å². The van der Waals surface area contributed by atoms with Crippen LogP contribution in [0.3, 0.4) is 0 Å². The Morgan fingerprint density at radius 2 is 1.19 bits per heavy atom. The number of amides is 1. The molecule has 5 rings (SSSR count). The zero-order valence-corrected chi connectivity index (χ0v) is 21.1. The standard InChI is InChI=1S/C31H29NO4/c1-18-14-22(15-19(2)28(18)33)31(23-16-20(3)29(34)21(4)17-23)26-8-6-7-9-27(26)32(30(31)35)24-10-12-25(36-5)13-11-24/h6-17,33-34H,1-5H3. The SMILES string of the molecule is COc1ccc(N2C(=O)C(c3cc(C)c(O)c(C)c3)(c3cc(C)c(O)c(C)c3)c3ccccc32)cc1. The van der Waals surface area contributed by atoms with E-state index in [9.17, 15) is 15.0 Å². The lowest BCUT2D eigenvalue weighted by Crippen LogP contribution is -2.40. The molecule has 182 valence electrons. The number of phenols is 2. The molecule has 0 radical (unpaired) electrons. The third kappa shape index (κ3) is 3.27. The number of anilines is 2. The Hall–Kier alpha value is -4.25. The second-order valence-corrected chi connectivity index (χ2v) is 9.52. The lowest BCUT2D eigenvalue weighted by atomic mass is 9.69. The van der Waals surface area contributed by atoms with Crippen LogP contribution in [0.2, 0.25) is 0 Å². The van der Waals surface area contributed by atoms with Crippen LogP contribution in [0.25, 0.3) is 0 Å². The molecular formula is C31H29NO4. The van der Waals surface area contributed by atoms with Crippen molar-refractivity contribution in [1.29, 1.82) is 0 Å². The second kappa shape index (κ2) is 8.45. The van der Waals surface area contributed by atoms with E-state index < -0.39 is 5.41 Å². The van der Waals surface area contributed by atoms with E-state index in [2.05, 4.69) is 0 Å². The van der Waals surface area contributed by atoms with Crippen molar-refractivity contribution in [3.05, 3.63) is 112 Å². The van der Waals surface area contributed by atoms with E-state index in [1.807, 2.05) is 100 Å². The Labute approximate surface area is 211 Å². The Balaban J connectivity index is 1.88. The van der Waals surface area contributed by atoms with Crippen LogP contribution in [0, 0.1) is 27.7 Å². The van der Waals surface area contributed by atoms with Gasteiger partial charge in [0.15, 0.2) is 0 Å². The predicted molar refractivity (Wildman–Crippen MR) is 142 cm³/mol. The Morgan fingerprint density at radius 3 is 1.67 bits per heavy atom. The molecule has 1 aliphatic heterocycles. The molecule has 4 aromatic rings. The van der Waals surface area contributed by atoms with Crippen LogP contribution in [-0.2, 0) is 10.2 Å². The number of ether oxygens (including phenoxy) is 1. The molecule has 1 heterocycles.